The van der Waals surface area contributed by atoms with Gasteiger partial charge in [0.25, 0.3) is 0 Å². The van der Waals surface area contributed by atoms with Crippen LogP contribution in [-0.4, -0.2) is 61.8 Å². The fourth-order valence-electron chi connectivity index (χ4n) is 5.10. The Kier molecular flexibility index (Phi) is 8.14. The molecule has 4 rings (SSSR count). The second kappa shape index (κ2) is 11.0. The maximum atomic E-state index is 5.91. The number of benzene rings is 2. The maximum Gasteiger partial charge on any atom is 0.120 e. The lowest BCUT2D eigenvalue weighted by molar-refractivity contribution is 0.109. The highest BCUT2D eigenvalue weighted by Crippen LogP contribution is 2.30. The van der Waals surface area contributed by atoms with Crippen LogP contribution in [0.5, 0.6) is 5.75 Å². The summed E-state index contributed by atoms with van der Waals surface area (Å²) in [5.41, 5.74) is 2.72. The number of para-hydroxylation sites is 1. The lowest BCUT2D eigenvalue weighted by Crippen LogP contribution is -2.53. The summed E-state index contributed by atoms with van der Waals surface area (Å²) < 4.78 is 7.12. The highest BCUT2D eigenvalue weighted by molar-refractivity contribution is 9.10. The summed E-state index contributed by atoms with van der Waals surface area (Å²) in [7, 11) is 2.29. The van der Waals surface area contributed by atoms with E-state index in [1.807, 2.05) is 0 Å². The molecule has 1 unspecified atom stereocenters. The average Bonchev–Trinajstić information content (AvgIpc) is 2.79. The molecule has 5 heteroatoms. The maximum absolute atomic E-state index is 5.91. The van der Waals surface area contributed by atoms with E-state index in [0.29, 0.717) is 6.04 Å². The lowest BCUT2D eigenvalue weighted by atomic mass is 9.90. The van der Waals surface area contributed by atoms with Gasteiger partial charge < -0.3 is 14.5 Å². The zero-order chi connectivity index (χ0) is 22.5. The predicted octanol–water partition coefficient (Wildman–Crippen LogP) is 5.66. The number of rotatable bonds is 7. The van der Waals surface area contributed by atoms with E-state index in [9.17, 15) is 0 Å². The van der Waals surface area contributed by atoms with Gasteiger partial charge in [0.15, 0.2) is 0 Å². The minimum Gasteiger partial charge on any atom is -0.491 e. The van der Waals surface area contributed by atoms with Crippen LogP contribution in [0.3, 0.4) is 0 Å². The third-order valence-electron chi connectivity index (χ3n) is 6.94. The Hall–Kier alpha value is -1.56. The molecule has 0 amide bonds. The third kappa shape index (κ3) is 6.27. The van der Waals surface area contributed by atoms with Crippen LogP contribution >= 0.6 is 15.9 Å². The first-order chi connectivity index (χ1) is 15.5. The number of hydrogen-bond acceptors (Lipinski definition) is 4. The number of nitrogens with zero attached hydrogens (tertiary/aromatic N) is 3. The molecule has 4 nitrogen and oxygen atoms in total. The van der Waals surface area contributed by atoms with Crippen LogP contribution in [0.4, 0.5) is 5.69 Å². The molecule has 2 saturated heterocycles. The van der Waals surface area contributed by atoms with Gasteiger partial charge in [-0.05, 0) is 101 Å². The Morgan fingerprint density at radius 2 is 1.75 bits per heavy atom. The van der Waals surface area contributed by atoms with E-state index in [1.54, 1.807) is 0 Å². The lowest BCUT2D eigenvalue weighted by Gasteiger charge is -2.43. The van der Waals surface area contributed by atoms with Gasteiger partial charge in [0, 0.05) is 29.3 Å². The van der Waals surface area contributed by atoms with Crippen molar-refractivity contribution in [2.45, 2.75) is 51.7 Å². The van der Waals surface area contributed by atoms with E-state index in [-0.39, 0.29) is 6.10 Å². The van der Waals surface area contributed by atoms with E-state index >= 15 is 0 Å². The second-order valence-corrected chi connectivity index (χ2v) is 10.7. The van der Waals surface area contributed by atoms with Crippen molar-refractivity contribution in [3.05, 3.63) is 58.6 Å². The molecule has 2 aromatic rings. The number of ether oxygens (including phenoxy) is 1. The molecule has 0 aliphatic carbocycles. The monoisotopic (exact) mass is 499 g/mol. The van der Waals surface area contributed by atoms with Crippen molar-refractivity contribution in [2.24, 2.45) is 5.92 Å². The van der Waals surface area contributed by atoms with Crippen molar-refractivity contribution in [3.8, 4) is 5.75 Å². The Labute approximate surface area is 202 Å². The highest BCUT2D eigenvalue weighted by atomic mass is 79.9. The van der Waals surface area contributed by atoms with Crippen LogP contribution in [-0.2, 0) is 6.42 Å². The summed E-state index contributed by atoms with van der Waals surface area (Å²) in [4.78, 5) is 7.74. The zero-order valence-corrected chi connectivity index (χ0v) is 21.4. The summed E-state index contributed by atoms with van der Waals surface area (Å²) in [6.45, 7) is 9.98. The topological polar surface area (TPSA) is 19.0 Å². The molecular weight excluding hydrogens is 462 g/mol. The van der Waals surface area contributed by atoms with Crippen molar-refractivity contribution in [1.29, 1.82) is 0 Å². The summed E-state index contributed by atoms with van der Waals surface area (Å²) >= 11 is 3.75. The molecule has 2 fully saturated rings. The third-order valence-corrected chi connectivity index (χ3v) is 7.72. The Morgan fingerprint density at radius 1 is 1.00 bits per heavy atom. The molecule has 0 aromatic heterocycles. The van der Waals surface area contributed by atoms with E-state index in [1.165, 1.54) is 54.6 Å². The summed E-state index contributed by atoms with van der Waals surface area (Å²) in [6, 6.07) is 17.9. The second-order valence-electron chi connectivity index (χ2n) is 9.81. The standard InChI is InChI=1S/C27H38BrN3O/c1-21(2)32-26-9-10-27(28)23(18-26)17-22-11-14-30(15-12-22)19-25-13-16-31(20-29(25)3)24-7-5-4-6-8-24/h4-10,18,21-22,25H,11-17,19-20H2,1-3H3. The number of likely N-dealkylation sites (tertiary alicyclic amines) is 1. The quantitative estimate of drug-likeness (QED) is 0.489. The van der Waals surface area contributed by atoms with Crippen molar-refractivity contribution in [2.75, 3.05) is 44.8 Å². The van der Waals surface area contributed by atoms with Crippen molar-refractivity contribution in [1.82, 2.24) is 9.80 Å². The van der Waals surface area contributed by atoms with Gasteiger partial charge in [-0.1, -0.05) is 34.1 Å². The molecule has 174 valence electrons. The fourth-order valence-corrected chi connectivity index (χ4v) is 5.50. The van der Waals surface area contributed by atoms with Crippen molar-refractivity contribution >= 4 is 21.6 Å². The molecular formula is C27H38BrN3O. The molecule has 0 saturated carbocycles. The average molecular weight is 501 g/mol. The van der Waals surface area contributed by atoms with Gasteiger partial charge in [0.05, 0.1) is 12.8 Å². The molecule has 32 heavy (non-hydrogen) atoms. The van der Waals surface area contributed by atoms with Crippen molar-refractivity contribution in [3.63, 3.8) is 0 Å². The molecule has 0 radical (unpaired) electrons. The Balaban J connectivity index is 1.24. The zero-order valence-electron chi connectivity index (χ0n) is 19.8. The van der Waals surface area contributed by atoms with Gasteiger partial charge in [-0.25, -0.2) is 0 Å². The van der Waals surface area contributed by atoms with Crippen LogP contribution < -0.4 is 9.64 Å². The number of halogens is 1. The molecule has 0 bridgehead atoms. The van der Waals surface area contributed by atoms with Crippen LogP contribution in [0.1, 0.15) is 38.7 Å². The summed E-state index contributed by atoms with van der Waals surface area (Å²) in [6.07, 6.45) is 5.16. The van der Waals surface area contributed by atoms with Crippen molar-refractivity contribution < 1.29 is 4.74 Å². The summed E-state index contributed by atoms with van der Waals surface area (Å²) in [5, 5.41) is 0. The van der Waals surface area contributed by atoms with Crippen LogP contribution in [0.2, 0.25) is 0 Å². The molecule has 0 N–H and O–H groups in total. The van der Waals surface area contributed by atoms with E-state index in [0.717, 1.165) is 31.3 Å². The minimum absolute atomic E-state index is 0.213. The van der Waals surface area contributed by atoms with Crippen LogP contribution in [0, 0.1) is 5.92 Å². The largest absolute Gasteiger partial charge is 0.491 e. The Bertz CT molecular complexity index is 851. The number of hydrogen-bond donors (Lipinski definition) is 0. The summed E-state index contributed by atoms with van der Waals surface area (Å²) in [5.74, 6) is 1.75. The number of likely N-dealkylation sites (N-methyl/N-ethyl adjacent to an activating group) is 1. The van der Waals surface area contributed by atoms with Gasteiger partial charge in [-0.3, -0.25) is 4.90 Å². The van der Waals surface area contributed by atoms with Gasteiger partial charge in [-0.15, -0.1) is 0 Å². The molecule has 2 heterocycles. The number of anilines is 1. The van der Waals surface area contributed by atoms with E-state index in [2.05, 4.69) is 100 Å². The smallest absolute Gasteiger partial charge is 0.120 e. The first-order valence-electron chi connectivity index (χ1n) is 12.2. The Morgan fingerprint density at radius 3 is 2.44 bits per heavy atom. The van der Waals surface area contributed by atoms with E-state index in [4.69, 9.17) is 4.74 Å². The molecule has 1 atom stereocenters. The van der Waals surface area contributed by atoms with Gasteiger partial charge >= 0.3 is 0 Å². The molecule has 2 aliphatic heterocycles. The first kappa shape index (κ1) is 23.6. The van der Waals surface area contributed by atoms with Crippen LogP contribution in [0.25, 0.3) is 0 Å². The SMILES string of the molecule is CC(C)Oc1ccc(Br)c(CC2CCN(CC3CCN(c4ccccc4)CN3C)CC2)c1. The van der Waals surface area contributed by atoms with E-state index < -0.39 is 0 Å². The fraction of sp³-hybridized carbons (Fsp3) is 0.556. The highest BCUT2D eigenvalue weighted by Gasteiger charge is 2.28. The van der Waals surface area contributed by atoms with Crippen LogP contribution in [0.15, 0.2) is 53.0 Å². The normalized spacial score (nSPS) is 21.3. The molecule has 0 spiro atoms. The molecule has 2 aliphatic rings. The van der Waals surface area contributed by atoms with Gasteiger partial charge in [0.1, 0.15) is 5.75 Å². The number of piperidine rings is 1. The first-order valence-corrected chi connectivity index (χ1v) is 12.9. The predicted molar refractivity (Wildman–Crippen MR) is 138 cm³/mol. The van der Waals surface area contributed by atoms with Gasteiger partial charge in [0.2, 0.25) is 0 Å². The van der Waals surface area contributed by atoms with Gasteiger partial charge in [-0.2, -0.15) is 0 Å². The molecule has 2 aromatic carbocycles. The minimum atomic E-state index is 0.213.